The van der Waals surface area contributed by atoms with Crippen LogP contribution in [0.4, 0.5) is 5.82 Å². The van der Waals surface area contributed by atoms with E-state index in [4.69, 9.17) is 4.74 Å². The monoisotopic (exact) mass is 283 g/mol. The van der Waals surface area contributed by atoms with Crippen molar-refractivity contribution in [2.24, 2.45) is 0 Å². The van der Waals surface area contributed by atoms with Crippen molar-refractivity contribution < 1.29 is 4.74 Å². The Labute approximate surface area is 122 Å². The van der Waals surface area contributed by atoms with Crippen molar-refractivity contribution >= 4 is 16.7 Å². The molecule has 2 aromatic rings. The van der Waals surface area contributed by atoms with Gasteiger partial charge in [-0.05, 0) is 25.8 Å². The second-order valence-corrected chi connectivity index (χ2v) is 6.22. The van der Waals surface area contributed by atoms with E-state index < -0.39 is 0 Å². The van der Waals surface area contributed by atoms with E-state index in [-0.39, 0.29) is 6.10 Å². The van der Waals surface area contributed by atoms with Crippen molar-refractivity contribution in [1.82, 2.24) is 20.3 Å². The maximum absolute atomic E-state index is 6.18. The minimum atomic E-state index is 0.0776. The molecule has 4 atom stereocenters. The molecule has 5 heterocycles. The van der Waals surface area contributed by atoms with Crippen LogP contribution < -0.4 is 15.0 Å². The standard InChI is InChI=1S/C15H17N5O/c1-8-13-11-3-2-9(19-11)6-20(13)14-12-10(17-7-18-14)4-5-16-15(12)21-8/h4-5,7-9,11,13,19H,2-3,6H2,1H3. The SMILES string of the molecule is CC1Oc2nccc3ncnc(c23)N2CC3CCC(N3)C12. The first kappa shape index (κ1) is 11.7. The molecular formula is C15H17N5O. The number of nitrogens with one attached hydrogen (secondary N) is 1. The summed E-state index contributed by atoms with van der Waals surface area (Å²) in [6.45, 7) is 3.12. The Kier molecular flexibility index (Phi) is 2.25. The van der Waals surface area contributed by atoms with Gasteiger partial charge < -0.3 is 15.0 Å². The van der Waals surface area contributed by atoms with Gasteiger partial charge in [-0.25, -0.2) is 15.0 Å². The number of fused-ring (bicyclic) bond motifs is 5. The summed E-state index contributed by atoms with van der Waals surface area (Å²) < 4.78 is 6.18. The fraction of sp³-hybridized carbons (Fsp3) is 0.533. The maximum Gasteiger partial charge on any atom is 0.227 e. The molecule has 0 aromatic carbocycles. The van der Waals surface area contributed by atoms with E-state index in [0.29, 0.717) is 24.0 Å². The van der Waals surface area contributed by atoms with Crippen LogP contribution in [0.15, 0.2) is 18.6 Å². The fourth-order valence-electron chi connectivity index (χ4n) is 4.16. The van der Waals surface area contributed by atoms with Gasteiger partial charge in [0.1, 0.15) is 23.6 Å². The lowest BCUT2D eigenvalue weighted by atomic mass is 9.99. The molecule has 6 nitrogen and oxygen atoms in total. The molecule has 3 aliphatic heterocycles. The van der Waals surface area contributed by atoms with Crippen LogP contribution in [-0.2, 0) is 0 Å². The normalized spacial score (nSPS) is 33.5. The van der Waals surface area contributed by atoms with Gasteiger partial charge in [-0.15, -0.1) is 0 Å². The van der Waals surface area contributed by atoms with Gasteiger partial charge in [0.05, 0.1) is 11.6 Å². The molecule has 1 N–H and O–H groups in total. The van der Waals surface area contributed by atoms with Crippen molar-refractivity contribution in [3.8, 4) is 5.88 Å². The van der Waals surface area contributed by atoms with Gasteiger partial charge in [0, 0.05) is 24.8 Å². The Morgan fingerprint density at radius 1 is 1.29 bits per heavy atom. The van der Waals surface area contributed by atoms with E-state index in [1.807, 2.05) is 6.07 Å². The summed E-state index contributed by atoms with van der Waals surface area (Å²) in [4.78, 5) is 15.8. The van der Waals surface area contributed by atoms with Crippen molar-refractivity contribution in [3.05, 3.63) is 18.6 Å². The number of rotatable bonds is 0. The van der Waals surface area contributed by atoms with Crippen LogP contribution in [-0.4, -0.2) is 45.7 Å². The summed E-state index contributed by atoms with van der Waals surface area (Å²) >= 11 is 0. The second kappa shape index (κ2) is 4.04. The van der Waals surface area contributed by atoms with Crippen molar-refractivity contribution in [2.45, 2.75) is 44.0 Å². The first-order valence-electron chi connectivity index (χ1n) is 7.60. The number of nitrogens with zero attached hydrogens (tertiary/aromatic N) is 4. The predicted octanol–water partition coefficient (Wildman–Crippen LogP) is 1.11. The van der Waals surface area contributed by atoms with Gasteiger partial charge in [0.25, 0.3) is 0 Å². The summed E-state index contributed by atoms with van der Waals surface area (Å²) in [5.74, 6) is 1.65. The third kappa shape index (κ3) is 1.53. The van der Waals surface area contributed by atoms with Gasteiger partial charge in [-0.2, -0.15) is 0 Å². The lowest BCUT2D eigenvalue weighted by Gasteiger charge is -2.42. The average Bonchev–Trinajstić information content (AvgIpc) is 2.82. The molecule has 0 radical (unpaired) electrons. The lowest BCUT2D eigenvalue weighted by molar-refractivity contribution is 0.155. The third-order valence-electron chi connectivity index (χ3n) is 5.01. The van der Waals surface area contributed by atoms with E-state index in [9.17, 15) is 0 Å². The van der Waals surface area contributed by atoms with Gasteiger partial charge in [0.2, 0.25) is 5.88 Å². The molecule has 6 heteroatoms. The number of ether oxygens (including phenoxy) is 1. The topological polar surface area (TPSA) is 63.2 Å². The van der Waals surface area contributed by atoms with Crippen LogP contribution in [0.3, 0.4) is 0 Å². The van der Waals surface area contributed by atoms with E-state index in [1.165, 1.54) is 12.8 Å². The first-order valence-corrected chi connectivity index (χ1v) is 7.60. The van der Waals surface area contributed by atoms with Crippen LogP contribution in [0.5, 0.6) is 5.88 Å². The Morgan fingerprint density at radius 2 is 2.24 bits per heavy atom. The largest absolute Gasteiger partial charge is 0.472 e. The van der Waals surface area contributed by atoms with Gasteiger partial charge in [0.15, 0.2) is 0 Å². The highest BCUT2D eigenvalue weighted by Crippen LogP contribution is 2.40. The van der Waals surface area contributed by atoms with E-state index >= 15 is 0 Å². The third-order valence-corrected chi connectivity index (χ3v) is 5.01. The number of anilines is 1. The Morgan fingerprint density at radius 3 is 3.19 bits per heavy atom. The molecular weight excluding hydrogens is 266 g/mol. The van der Waals surface area contributed by atoms with Crippen LogP contribution in [0.25, 0.3) is 10.9 Å². The molecule has 2 fully saturated rings. The zero-order valence-electron chi connectivity index (χ0n) is 11.9. The Hall–Kier alpha value is -1.95. The lowest BCUT2D eigenvalue weighted by Crippen LogP contribution is -2.62. The van der Waals surface area contributed by atoms with Gasteiger partial charge in [-0.3, -0.25) is 0 Å². The van der Waals surface area contributed by atoms with E-state index in [0.717, 1.165) is 23.3 Å². The summed E-state index contributed by atoms with van der Waals surface area (Å²) in [6, 6.07) is 3.26. The molecule has 2 saturated heterocycles. The Bertz CT molecular complexity index is 715. The molecule has 0 saturated carbocycles. The molecule has 108 valence electrons. The van der Waals surface area contributed by atoms with Crippen LogP contribution in [0, 0.1) is 0 Å². The van der Waals surface area contributed by atoms with Gasteiger partial charge in [-0.1, -0.05) is 0 Å². The van der Waals surface area contributed by atoms with Crippen LogP contribution >= 0.6 is 0 Å². The quantitative estimate of drug-likeness (QED) is 0.781. The number of piperazine rings is 1. The predicted molar refractivity (Wildman–Crippen MR) is 78.5 cm³/mol. The smallest absolute Gasteiger partial charge is 0.227 e. The Balaban J connectivity index is 1.77. The van der Waals surface area contributed by atoms with Gasteiger partial charge >= 0.3 is 0 Å². The highest BCUT2D eigenvalue weighted by atomic mass is 16.5. The minimum Gasteiger partial charge on any atom is -0.472 e. The molecule has 4 unspecified atom stereocenters. The maximum atomic E-state index is 6.18. The van der Waals surface area contributed by atoms with Crippen molar-refractivity contribution in [2.75, 3.05) is 11.4 Å². The van der Waals surface area contributed by atoms with E-state index in [1.54, 1.807) is 12.5 Å². The molecule has 2 bridgehead atoms. The van der Waals surface area contributed by atoms with Crippen molar-refractivity contribution in [1.29, 1.82) is 0 Å². The summed E-state index contributed by atoms with van der Waals surface area (Å²) in [6.07, 6.45) is 5.93. The number of hydrogen-bond donors (Lipinski definition) is 1. The molecule has 3 aliphatic rings. The zero-order chi connectivity index (χ0) is 14.0. The molecule has 5 rings (SSSR count). The number of pyridine rings is 1. The first-order chi connectivity index (χ1) is 10.3. The molecule has 2 aromatic heterocycles. The molecule has 21 heavy (non-hydrogen) atoms. The second-order valence-electron chi connectivity index (χ2n) is 6.22. The number of aromatic nitrogens is 3. The highest BCUT2D eigenvalue weighted by Gasteiger charge is 2.46. The molecule has 0 spiro atoms. The van der Waals surface area contributed by atoms with Crippen LogP contribution in [0.2, 0.25) is 0 Å². The summed E-state index contributed by atoms with van der Waals surface area (Å²) in [7, 11) is 0. The summed E-state index contributed by atoms with van der Waals surface area (Å²) in [5, 5.41) is 4.68. The van der Waals surface area contributed by atoms with Crippen molar-refractivity contribution in [3.63, 3.8) is 0 Å². The number of hydrogen-bond acceptors (Lipinski definition) is 6. The average molecular weight is 283 g/mol. The molecule has 0 amide bonds. The fourth-order valence-corrected chi connectivity index (χ4v) is 4.16. The highest BCUT2D eigenvalue weighted by molar-refractivity contribution is 5.94. The zero-order valence-corrected chi connectivity index (χ0v) is 11.9. The van der Waals surface area contributed by atoms with E-state index in [2.05, 4.69) is 32.1 Å². The minimum absolute atomic E-state index is 0.0776. The van der Waals surface area contributed by atoms with Crippen LogP contribution in [0.1, 0.15) is 19.8 Å². The molecule has 0 aliphatic carbocycles. The summed E-state index contributed by atoms with van der Waals surface area (Å²) in [5.41, 5.74) is 0.906.